The van der Waals surface area contributed by atoms with Crippen LogP contribution in [0.5, 0.6) is 0 Å². The van der Waals surface area contributed by atoms with Crippen molar-refractivity contribution in [3.8, 4) is 11.4 Å². The second-order valence-electron chi connectivity index (χ2n) is 6.16. The molecule has 1 aliphatic heterocycles. The minimum absolute atomic E-state index is 0.0884. The number of aryl methyl sites for hydroxylation is 1. The molecule has 0 spiro atoms. The van der Waals surface area contributed by atoms with E-state index in [4.69, 9.17) is 4.74 Å². The second kappa shape index (κ2) is 6.63. The van der Waals surface area contributed by atoms with Crippen molar-refractivity contribution < 1.29 is 9.84 Å². The van der Waals surface area contributed by atoms with Gasteiger partial charge in [-0.05, 0) is 24.8 Å². The van der Waals surface area contributed by atoms with Gasteiger partial charge in [0.2, 0.25) is 0 Å². The van der Waals surface area contributed by atoms with Gasteiger partial charge in [0.25, 0.3) is 0 Å². The Kier molecular flexibility index (Phi) is 4.60. The molecule has 0 atom stereocenters. The summed E-state index contributed by atoms with van der Waals surface area (Å²) in [4.78, 5) is 4.58. The molecule has 22 heavy (non-hydrogen) atoms. The fourth-order valence-corrected chi connectivity index (χ4v) is 3.26. The molecule has 0 bridgehead atoms. The molecule has 3 rings (SSSR count). The SMILES string of the molecule is CCc1ccccc1-c1nccn1CC1(CO)CCOCC1. The first-order valence-electron chi connectivity index (χ1n) is 8.06. The number of benzene rings is 1. The molecular formula is C18H24N2O2. The Labute approximate surface area is 131 Å². The van der Waals surface area contributed by atoms with Gasteiger partial charge in [-0.2, -0.15) is 0 Å². The van der Waals surface area contributed by atoms with Crippen LogP contribution >= 0.6 is 0 Å². The molecule has 1 aromatic heterocycles. The third kappa shape index (κ3) is 2.94. The Bertz CT molecular complexity index is 615. The van der Waals surface area contributed by atoms with Crippen molar-refractivity contribution in [2.75, 3.05) is 19.8 Å². The number of aliphatic hydroxyl groups is 1. The molecule has 0 aliphatic carbocycles. The van der Waals surface area contributed by atoms with Gasteiger partial charge >= 0.3 is 0 Å². The van der Waals surface area contributed by atoms with Gasteiger partial charge in [0.1, 0.15) is 5.82 Å². The highest BCUT2D eigenvalue weighted by molar-refractivity contribution is 5.60. The zero-order valence-corrected chi connectivity index (χ0v) is 13.2. The lowest BCUT2D eigenvalue weighted by molar-refractivity contribution is -0.0250. The summed E-state index contributed by atoms with van der Waals surface area (Å²) < 4.78 is 7.65. The molecule has 118 valence electrons. The van der Waals surface area contributed by atoms with Gasteiger partial charge in [-0.1, -0.05) is 31.2 Å². The molecule has 2 aromatic rings. The first kappa shape index (κ1) is 15.3. The van der Waals surface area contributed by atoms with E-state index >= 15 is 0 Å². The molecule has 4 heteroatoms. The number of aliphatic hydroxyl groups excluding tert-OH is 1. The average molecular weight is 300 g/mol. The van der Waals surface area contributed by atoms with Crippen molar-refractivity contribution in [3.63, 3.8) is 0 Å². The van der Waals surface area contributed by atoms with Gasteiger partial charge in [-0.15, -0.1) is 0 Å². The molecule has 0 amide bonds. The van der Waals surface area contributed by atoms with Crippen LogP contribution in [0, 0.1) is 5.41 Å². The molecule has 2 heterocycles. The van der Waals surface area contributed by atoms with E-state index in [2.05, 4.69) is 40.7 Å². The predicted molar refractivity (Wildman–Crippen MR) is 86.6 cm³/mol. The lowest BCUT2D eigenvalue weighted by atomic mass is 9.81. The molecule has 1 N–H and O–H groups in total. The Hall–Kier alpha value is -1.65. The maximum atomic E-state index is 9.91. The summed E-state index contributed by atoms with van der Waals surface area (Å²) in [6, 6.07) is 8.42. The molecule has 1 aromatic carbocycles. The summed E-state index contributed by atoms with van der Waals surface area (Å²) in [5, 5.41) is 9.91. The normalized spacial score (nSPS) is 17.5. The molecule has 1 aliphatic rings. The van der Waals surface area contributed by atoms with Crippen molar-refractivity contribution in [3.05, 3.63) is 42.2 Å². The number of hydrogen-bond donors (Lipinski definition) is 1. The van der Waals surface area contributed by atoms with E-state index in [1.165, 1.54) is 11.1 Å². The van der Waals surface area contributed by atoms with Crippen LogP contribution in [0.1, 0.15) is 25.3 Å². The first-order chi connectivity index (χ1) is 10.8. The molecule has 4 nitrogen and oxygen atoms in total. The van der Waals surface area contributed by atoms with Gasteiger partial charge in [0, 0.05) is 43.1 Å². The summed E-state index contributed by atoms with van der Waals surface area (Å²) in [6.45, 7) is 4.62. The minimum atomic E-state index is -0.0884. The molecule has 0 unspecified atom stereocenters. The smallest absolute Gasteiger partial charge is 0.140 e. The van der Waals surface area contributed by atoms with Crippen LogP contribution in [0.2, 0.25) is 0 Å². The largest absolute Gasteiger partial charge is 0.396 e. The quantitative estimate of drug-likeness (QED) is 0.923. The predicted octanol–water partition coefficient (Wildman–Crippen LogP) is 2.90. The first-order valence-corrected chi connectivity index (χ1v) is 8.06. The zero-order chi connectivity index (χ0) is 15.4. The third-order valence-electron chi connectivity index (χ3n) is 4.75. The maximum absolute atomic E-state index is 9.91. The van der Waals surface area contributed by atoms with E-state index in [0.717, 1.165) is 44.8 Å². The van der Waals surface area contributed by atoms with Crippen LogP contribution in [-0.2, 0) is 17.7 Å². The minimum Gasteiger partial charge on any atom is -0.396 e. The number of rotatable bonds is 5. The summed E-state index contributed by atoms with van der Waals surface area (Å²) in [6.07, 6.45) is 6.66. The lowest BCUT2D eigenvalue weighted by Crippen LogP contribution is -2.37. The average Bonchev–Trinajstić information content (AvgIpc) is 3.03. The van der Waals surface area contributed by atoms with Crippen LogP contribution in [0.15, 0.2) is 36.7 Å². The van der Waals surface area contributed by atoms with Gasteiger partial charge in [-0.3, -0.25) is 0 Å². The Balaban J connectivity index is 1.92. The van der Waals surface area contributed by atoms with Gasteiger partial charge in [0.15, 0.2) is 0 Å². The zero-order valence-electron chi connectivity index (χ0n) is 13.2. The fourth-order valence-electron chi connectivity index (χ4n) is 3.26. The van der Waals surface area contributed by atoms with Gasteiger partial charge < -0.3 is 14.4 Å². The molecule has 0 radical (unpaired) electrons. The van der Waals surface area contributed by atoms with Crippen molar-refractivity contribution >= 4 is 0 Å². The summed E-state index contributed by atoms with van der Waals surface area (Å²) in [7, 11) is 0. The van der Waals surface area contributed by atoms with Crippen molar-refractivity contribution in [1.82, 2.24) is 9.55 Å². The lowest BCUT2D eigenvalue weighted by Gasteiger charge is -2.36. The van der Waals surface area contributed by atoms with E-state index < -0.39 is 0 Å². The monoisotopic (exact) mass is 300 g/mol. The highest BCUT2D eigenvalue weighted by atomic mass is 16.5. The third-order valence-corrected chi connectivity index (χ3v) is 4.75. The fraction of sp³-hybridized carbons (Fsp3) is 0.500. The summed E-state index contributed by atoms with van der Waals surface area (Å²) in [5.74, 6) is 0.997. The highest BCUT2D eigenvalue weighted by Gasteiger charge is 2.33. The number of nitrogens with zero attached hydrogens (tertiary/aromatic N) is 2. The Morgan fingerprint density at radius 1 is 1.27 bits per heavy atom. The summed E-state index contributed by atoms with van der Waals surface area (Å²) in [5.41, 5.74) is 2.41. The van der Waals surface area contributed by atoms with Crippen LogP contribution in [0.25, 0.3) is 11.4 Å². The Morgan fingerprint density at radius 2 is 2.05 bits per heavy atom. The molecule has 1 fully saturated rings. The van der Waals surface area contributed by atoms with E-state index in [1.807, 2.05) is 12.4 Å². The molecule has 0 saturated carbocycles. The number of imidazole rings is 1. The van der Waals surface area contributed by atoms with E-state index in [1.54, 1.807) is 0 Å². The molecule has 1 saturated heterocycles. The van der Waals surface area contributed by atoms with Crippen LogP contribution in [0.4, 0.5) is 0 Å². The van der Waals surface area contributed by atoms with Crippen molar-refractivity contribution in [1.29, 1.82) is 0 Å². The standard InChI is InChI=1S/C18H24N2O2/c1-2-15-5-3-4-6-16(15)17-19-9-10-20(17)13-18(14-21)7-11-22-12-8-18/h3-6,9-10,21H,2,7-8,11-14H2,1H3. The highest BCUT2D eigenvalue weighted by Crippen LogP contribution is 2.34. The van der Waals surface area contributed by atoms with Crippen LogP contribution < -0.4 is 0 Å². The second-order valence-corrected chi connectivity index (χ2v) is 6.16. The van der Waals surface area contributed by atoms with E-state index in [9.17, 15) is 5.11 Å². The number of hydrogen-bond acceptors (Lipinski definition) is 3. The Morgan fingerprint density at radius 3 is 2.77 bits per heavy atom. The van der Waals surface area contributed by atoms with Gasteiger partial charge in [0.05, 0.1) is 6.61 Å². The molecular weight excluding hydrogens is 276 g/mol. The topological polar surface area (TPSA) is 47.3 Å². The van der Waals surface area contributed by atoms with Crippen LogP contribution in [0.3, 0.4) is 0 Å². The number of ether oxygens (including phenoxy) is 1. The van der Waals surface area contributed by atoms with E-state index in [0.29, 0.717) is 0 Å². The maximum Gasteiger partial charge on any atom is 0.140 e. The summed E-state index contributed by atoms with van der Waals surface area (Å²) >= 11 is 0. The van der Waals surface area contributed by atoms with Crippen molar-refractivity contribution in [2.24, 2.45) is 5.41 Å². The van der Waals surface area contributed by atoms with Crippen LogP contribution in [-0.4, -0.2) is 34.5 Å². The van der Waals surface area contributed by atoms with Crippen molar-refractivity contribution in [2.45, 2.75) is 32.7 Å². The van der Waals surface area contributed by atoms with Gasteiger partial charge in [-0.25, -0.2) is 4.98 Å². The number of aromatic nitrogens is 2. The van der Waals surface area contributed by atoms with E-state index in [-0.39, 0.29) is 12.0 Å².